The Kier molecular flexibility index (Phi) is 50.7. The molecular weight excluding hydrogens is 1040 g/mol. The fourth-order valence-electron chi connectivity index (χ4n) is 3.98. The molecule has 77 heavy (non-hydrogen) atoms. The third kappa shape index (κ3) is 54.5. The summed E-state index contributed by atoms with van der Waals surface area (Å²) in [4.78, 5) is 112. The van der Waals surface area contributed by atoms with Gasteiger partial charge in [-0.15, -0.1) is 12.8 Å². The fourth-order valence-corrected chi connectivity index (χ4v) is 3.98. The molecule has 0 saturated carbocycles. The minimum absolute atomic E-state index is 0.0645. The monoisotopic (exact) mass is 1100 g/mol. The Bertz CT molecular complexity index is 1990. The molecule has 0 bridgehead atoms. The smallest absolute Gasteiger partial charge is 0.344 e. The zero-order valence-corrected chi connectivity index (χ0v) is 41.5. The number of rotatable bonds is 41. The zero-order chi connectivity index (χ0) is 57.8. The van der Waals surface area contributed by atoms with E-state index in [1.165, 1.54) is 6.40 Å². The standard InChI is InChI=1S/C23H28O10.C9H14O10.C9H10O3.C5H8O6.C2H2/c24-22(29-18-23(25)28-15-20-7-3-1-4-8-20)17-27-19-26-11-12-30-31-13-14-32-33-16-21-9-5-2-6-10-21;10-5-16-7-19-18-2-1-14-6-15-4-9(13)17-3-8(11)12;10-6-9(11)12-7-8-4-2-1-3-5-8;6-2-10-4-11-3-9-1-5(7)8;1-2/h1-10H,11-19H2;5H,1-4,6-7H2,(H,11,12);1-5,10H,6-7H2;2H,1,3-4H2,(H,7,8);1-2H/i;;;;1D. The van der Waals surface area contributed by atoms with Crippen molar-refractivity contribution in [3.8, 4) is 12.8 Å². The van der Waals surface area contributed by atoms with Crippen LogP contribution in [0.1, 0.15) is 18.1 Å². The highest BCUT2D eigenvalue weighted by molar-refractivity contribution is 5.77. The van der Waals surface area contributed by atoms with Crippen LogP contribution in [0.5, 0.6) is 0 Å². The number of hydrogen-bond donors (Lipinski definition) is 3. The third-order valence-corrected chi connectivity index (χ3v) is 7.08. The Morgan fingerprint density at radius 3 is 1.26 bits per heavy atom. The van der Waals surface area contributed by atoms with Gasteiger partial charge in [0.1, 0.15) is 87.6 Å². The van der Waals surface area contributed by atoms with E-state index in [0.717, 1.165) is 16.7 Å². The number of carboxylic acids is 2. The highest BCUT2D eigenvalue weighted by atomic mass is 17.2. The van der Waals surface area contributed by atoms with Gasteiger partial charge >= 0.3 is 35.8 Å². The van der Waals surface area contributed by atoms with Crippen LogP contribution in [0, 0.1) is 12.8 Å². The van der Waals surface area contributed by atoms with Crippen molar-refractivity contribution >= 4 is 48.8 Å². The molecule has 29 heteroatoms. The van der Waals surface area contributed by atoms with E-state index in [1.807, 2.05) is 91.0 Å². The number of esters is 4. The average molecular weight is 1100 g/mol. The molecule has 0 radical (unpaired) electrons. The van der Waals surface area contributed by atoms with E-state index < -0.39 is 68.9 Å². The van der Waals surface area contributed by atoms with E-state index in [2.05, 4.69) is 44.6 Å². The summed E-state index contributed by atoms with van der Waals surface area (Å²) in [6.45, 7) is -2.04. The number of aliphatic hydroxyl groups excluding tert-OH is 1. The quantitative estimate of drug-likeness (QED) is 0.0105. The van der Waals surface area contributed by atoms with Gasteiger partial charge in [-0.25, -0.2) is 53.2 Å². The Morgan fingerprint density at radius 2 is 0.792 bits per heavy atom. The lowest BCUT2D eigenvalue weighted by molar-refractivity contribution is -0.347. The molecule has 0 fully saturated rings. The van der Waals surface area contributed by atoms with Gasteiger partial charge in [-0.2, -0.15) is 4.89 Å². The van der Waals surface area contributed by atoms with Gasteiger partial charge in [-0.1, -0.05) is 91.0 Å². The second-order valence-electron chi connectivity index (χ2n) is 12.9. The summed E-state index contributed by atoms with van der Waals surface area (Å²) in [7, 11) is 0. The van der Waals surface area contributed by atoms with Crippen LogP contribution in [0.15, 0.2) is 91.0 Å². The van der Waals surface area contributed by atoms with Crippen LogP contribution >= 0.6 is 0 Å². The summed E-state index contributed by atoms with van der Waals surface area (Å²) in [5, 5.41) is 24.6. The molecule has 29 nitrogen and oxygen atoms in total. The Labute approximate surface area is 442 Å². The van der Waals surface area contributed by atoms with E-state index in [4.69, 9.17) is 64.7 Å². The molecule has 3 aromatic rings. The molecule has 0 aromatic heterocycles. The summed E-state index contributed by atoms with van der Waals surface area (Å²) in [6.07, 6.45) is 5.76. The number of aliphatic carboxylic acids is 2. The van der Waals surface area contributed by atoms with E-state index >= 15 is 0 Å². The van der Waals surface area contributed by atoms with Crippen LogP contribution in [0.3, 0.4) is 0 Å². The summed E-state index contributed by atoms with van der Waals surface area (Å²) in [6, 6.07) is 28.1. The summed E-state index contributed by atoms with van der Waals surface area (Å²) < 4.78 is 61.3. The van der Waals surface area contributed by atoms with Gasteiger partial charge in [0.15, 0.2) is 26.8 Å². The molecule has 0 heterocycles. The second-order valence-corrected chi connectivity index (χ2v) is 12.9. The molecule has 3 aromatic carbocycles. The van der Waals surface area contributed by atoms with Gasteiger partial charge < -0.3 is 72.2 Å². The molecule has 0 aliphatic heterocycles. The molecule has 0 saturated heterocycles. The van der Waals surface area contributed by atoms with E-state index in [-0.39, 0.29) is 106 Å². The maximum atomic E-state index is 11.5. The van der Waals surface area contributed by atoms with Gasteiger partial charge in [0, 0.05) is 0 Å². The Morgan fingerprint density at radius 1 is 0.416 bits per heavy atom. The number of ether oxygens (including phenoxy) is 12. The molecule has 428 valence electrons. The second kappa shape index (κ2) is 56.2. The molecule has 0 spiro atoms. The highest BCUT2D eigenvalue weighted by Crippen LogP contribution is 2.03. The van der Waals surface area contributed by atoms with Crippen molar-refractivity contribution in [2.75, 3.05) is 113 Å². The van der Waals surface area contributed by atoms with Gasteiger partial charge in [0.05, 0.1) is 13.2 Å². The largest absolute Gasteiger partial charge is 0.480 e. The molecule has 3 rings (SSSR count). The summed E-state index contributed by atoms with van der Waals surface area (Å²) in [5.74, 6) is -5.08. The van der Waals surface area contributed by atoms with E-state index in [1.54, 1.807) is 0 Å². The lowest BCUT2D eigenvalue weighted by Crippen LogP contribution is -2.20. The first-order chi connectivity index (χ1) is 37.9. The van der Waals surface area contributed by atoms with Crippen LogP contribution in [0.2, 0.25) is 0 Å². The lowest BCUT2D eigenvalue weighted by Gasteiger charge is -2.08. The number of benzene rings is 3. The average Bonchev–Trinajstić information content (AvgIpc) is 3.44. The molecule has 3 N–H and O–H groups in total. The maximum Gasteiger partial charge on any atom is 0.344 e. The first kappa shape index (κ1) is 69.5. The van der Waals surface area contributed by atoms with Gasteiger partial charge in [0.25, 0.3) is 12.9 Å². The van der Waals surface area contributed by atoms with Crippen molar-refractivity contribution in [1.29, 1.82) is 0 Å². The van der Waals surface area contributed by atoms with Crippen molar-refractivity contribution < 1.29 is 141 Å². The number of carbonyl (C=O) groups excluding carboxylic acids is 6. The normalized spacial score (nSPS) is 9.90. The molecule has 0 amide bonds. The van der Waals surface area contributed by atoms with Crippen molar-refractivity contribution in [2.45, 2.75) is 19.8 Å². The number of hydrogen-bond acceptors (Lipinski definition) is 27. The highest BCUT2D eigenvalue weighted by Gasteiger charge is 2.10. The van der Waals surface area contributed by atoms with Crippen LogP contribution in [0.25, 0.3) is 0 Å². The van der Waals surface area contributed by atoms with E-state index in [0.29, 0.717) is 6.61 Å². The molecule has 0 aliphatic carbocycles. The summed E-state index contributed by atoms with van der Waals surface area (Å²) >= 11 is 0. The van der Waals surface area contributed by atoms with E-state index in [9.17, 15) is 38.4 Å². The van der Waals surface area contributed by atoms with Gasteiger partial charge in [-0.05, 0) is 16.7 Å². The number of aliphatic hydroxyl groups is 1. The predicted octanol–water partition coefficient (Wildman–Crippen LogP) is 1.21. The number of terminal acetylenes is 1. The topological polar surface area (TPSA) is 363 Å². The Balaban J connectivity index is 0. The maximum absolute atomic E-state index is 11.5. The van der Waals surface area contributed by atoms with Crippen LogP contribution in [-0.2, 0) is 144 Å². The zero-order valence-electron chi connectivity index (χ0n) is 42.5. The van der Waals surface area contributed by atoms with Crippen molar-refractivity contribution in [1.82, 2.24) is 0 Å². The minimum atomic E-state index is -1.25. The molecule has 0 aliphatic rings. The number of carbonyl (C=O) groups is 8. The molecule has 0 unspecified atom stereocenters. The first-order valence-electron chi connectivity index (χ1n) is 22.4. The first-order valence-corrected chi connectivity index (χ1v) is 21.9. The van der Waals surface area contributed by atoms with Crippen LogP contribution in [0.4, 0.5) is 0 Å². The van der Waals surface area contributed by atoms with Crippen LogP contribution < -0.4 is 0 Å². The molecular formula is C48H62O29. The SMILES string of the molecule is O=C(CO)OCc1ccccc1.O=C(COCOCCOOCCOOCc1ccccc1)OCC(=O)OCc1ccccc1.O=COCOCOCC(=O)O.O=COCOOCCOCOCC(=O)OCC(=O)O.[2H]C#C. The Hall–Kier alpha value is -7.54. The van der Waals surface area contributed by atoms with Crippen molar-refractivity contribution in [3.05, 3.63) is 108 Å². The van der Waals surface area contributed by atoms with Crippen LogP contribution in [-0.4, -0.2) is 177 Å². The minimum Gasteiger partial charge on any atom is -0.480 e. The van der Waals surface area contributed by atoms with Gasteiger partial charge in [-0.3, -0.25) is 9.59 Å². The summed E-state index contributed by atoms with van der Waals surface area (Å²) in [5.41, 5.74) is 2.76. The van der Waals surface area contributed by atoms with Gasteiger partial charge in [0.2, 0.25) is 6.79 Å². The third-order valence-electron chi connectivity index (χ3n) is 7.08. The number of carboxylic acid groups (broad SMARTS) is 2. The molecule has 0 atom stereocenters. The predicted molar refractivity (Wildman–Crippen MR) is 252 cm³/mol. The lowest BCUT2D eigenvalue weighted by atomic mass is 10.2. The van der Waals surface area contributed by atoms with Crippen molar-refractivity contribution in [2.24, 2.45) is 0 Å². The fraction of sp³-hybridized carbons (Fsp3) is 0.417. The van der Waals surface area contributed by atoms with Crippen molar-refractivity contribution in [3.63, 3.8) is 0 Å².